The van der Waals surface area contributed by atoms with Crippen molar-refractivity contribution < 1.29 is 9.47 Å². The molecule has 3 heteroatoms. The van der Waals surface area contributed by atoms with Crippen LogP contribution in [-0.4, -0.2) is 40.5 Å². The molecular formula is C8H19NO2. The van der Waals surface area contributed by atoms with Gasteiger partial charge in [-0.3, -0.25) is 0 Å². The van der Waals surface area contributed by atoms with Crippen molar-refractivity contribution in [3.8, 4) is 0 Å². The van der Waals surface area contributed by atoms with Gasteiger partial charge in [0.1, 0.15) is 0 Å². The van der Waals surface area contributed by atoms with Crippen LogP contribution in [0.15, 0.2) is 0 Å². The van der Waals surface area contributed by atoms with E-state index in [0.717, 1.165) is 39.1 Å². The fourth-order valence-corrected chi connectivity index (χ4v) is 0.808. The molecule has 0 amide bonds. The van der Waals surface area contributed by atoms with Crippen molar-refractivity contribution >= 4 is 0 Å². The summed E-state index contributed by atoms with van der Waals surface area (Å²) in [4.78, 5) is 0. The zero-order chi connectivity index (χ0) is 8.36. The standard InChI is InChI=1S/C8H19NO2/c1-10-7-3-5-9-6-4-8-11-2/h9H,3-8H2,1-2H3. The van der Waals surface area contributed by atoms with E-state index < -0.39 is 0 Å². The lowest BCUT2D eigenvalue weighted by molar-refractivity contribution is 0.188. The second-order valence-electron chi connectivity index (χ2n) is 2.44. The summed E-state index contributed by atoms with van der Waals surface area (Å²) in [5.41, 5.74) is 0. The summed E-state index contributed by atoms with van der Waals surface area (Å²) in [7, 11) is 3.45. The van der Waals surface area contributed by atoms with Gasteiger partial charge in [0.2, 0.25) is 0 Å². The minimum absolute atomic E-state index is 0.845. The molecule has 0 fully saturated rings. The third-order valence-electron chi connectivity index (χ3n) is 1.40. The summed E-state index contributed by atoms with van der Waals surface area (Å²) in [5, 5.41) is 3.30. The number of hydrogen-bond donors (Lipinski definition) is 1. The van der Waals surface area contributed by atoms with Gasteiger partial charge in [0.25, 0.3) is 0 Å². The molecular weight excluding hydrogens is 142 g/mol. The molecule has 0 atom stereocenters. The first kappa shape index (κ1) is 10.9. The second-order valence-corrected chi connectivity index (χ2v) is 2.44. The van der Waals surface area contributed by atoms with E-state index in [2.05, 4.69) is 5.32 Å². The van der Waals surface area contributed by atoms with E-state index >= 15 is 0 Å². The highest BCUT2D eigenvalue weighted by Crippen LogP contribution is 1.79. The van der Waals surface area contributed by atoms with Crippen LogP contribution in [0.2, 0.25) is 0 Å². The zero-order valence-electron chi connectivity index (χ0n) is 7.56. The van der Waals surface area contributed by atoms with Crippen molar-refractivity contribution in [1.82, 2.24) is 5.32 Å². The van der Waals surface area contributed by atoms with Gasteiger partial charge in [-0.1, -0.05) is 0 Å². The van der Waals surface area contributed by atoms with Crippen LogP contribution in [0, 0.1) is 0 Å². The van der Waals surface area contributed by atoms with E-state index in [1.54, 1.807) is 14.2 Å². The topological polar surface area (TPSA) is 30.5 Å². The summed E-state index contributed by atoms with van der Waals surface area (Å²) < 4.78 is 9.81. The van der Waals surface area contributed by atoms with Crippen LogP contribution in [0.3, 0.4) is 0 Å². The predicted molar refractivity (Wildman–Crippen MR) is 45.9 cm³/mol. The summed E-state index contributed by atoms with van der Waals surface area (Å²) in [6.07, 6.45) is 2.17. The summed E-state index contributed by atoms with van der Waals surface area (Å²) in [5.74, 6) is 0. The number of methoxy groups -OCH3 is 2. The molecule has 0 saturated heterocycles. The Morgan fingerprint density at radius 2 is 1.36 bits per heavy atom. The highest BCUT2D eigenvalue weighted by atomic mass is 16.5. The molecule has 0 spiro atoms. The molecule has 0 aliphatic carbocycles. The van der Waals surface area contributed by atoms with Crippen LogP contribution >= 0.6 is 0 Å². The molecule has 0 aromatic rings. The quantitative estimate of drug-likeness (QED) is 0.530. The number of hydrogen-bond acceptors (Lipinski definition) is 3. The van der Waals surface area contributed by atoms with Crippen LogP contribution in [0.25, 0.3) is 0 Å². The van der Waals surface area contributed by atoms with Crippen LogP contribution in [0.1, 0.15) is 12.8 Å². The average molecular weight is 161 g/mol. The van der Waals surface area contributed by atoms with Gasteiger partial charge in [-0.05, 0) is 25.9 Å². The van der Waals surface area contributed by atoms with E-state index in [1.165, 1.54) is 0 Å². The van der Waals surface area contributed by atoms with Gasteiger partial charge < -0.3 is 14.8 Å². The Hall–Kier alpha value is -0.120. The zero-order valence-corrected chi connectivity index (χ0v) is 7.56. The maximum atomic E-state index is 4.90. The van der Waals surface area contributed by atoms with E-state index in [-0.39, 0.29) is 0 Å². The molecule has 0 radical (unpaired) electrons. The Kier molecular flexibility index (Phi) is 9.77. The van der Waals surface area contributed by atoms with E-state index in [1.807, 2.05) is 0 Å². The van der Waals surface area contributed by atoms with Gasteiger partial charge >= 0.3 is 0 Å². The van der Waals surface area contributed by atoms with Crippen LogP contribution in [-0.2, 0) is 9.47 Å². The fraction of sp³-hybridized carbons (Fsp3) is 1.00. The molecule has 0 aliphatic rings. The number of nitrogens with one attached hydrogen (secondary N) is 1. The lowest BCUT2D eigenvalue weighted by Crippen LogP contribution is -2.18. The lowest BCUT2D eigenvalue weighted by Gasteiger charge is -2.02. The third-order valence-corrected chi connectivity index (χ3v) is 1.40. The molecule has 0 aromatic heterocycles. The van der Waals surface area contributed by atoms with Gasteiger partial charge in [0.15, 0.2) is 0 Å². The Bertz CT molecular complexity index is 61.1. The predicted octanol–water partition coefficient (Wildman–Crippen LogP) is 0.649. The maximum Gasteiger partial charge on any atom is 0.0474 e. The van der Waals surface area contributed by atoms with Gasteiger partial charge in [0.05, 0.1) is 0 Å². The monoisotopic (exact) mass is 161 g/mol. The Balaban J connectivity index is 2.69. The van der Waals surface area contributed by atoms with E-state index in [9.17, 15) is 0 Å². The molecule has 0 aromatic carbocycles. The summed E-state index contributed by atoms with van der Waals surface area (Å²) in [6, 6.07) is 0. The molecule has 0 heterocycles. The van der Waals surface area contributed by atoms with Crippen molar-refractivity contribution in [1.29, 1.82) is 0 Å². The molecule has 11 heavy (non-hydrogen) atoms. The van der Waals surface area contributed by atoms with E-state index in [4.69, 9.17) is 9.47 Å². The van der Waals surface area contributed by atoms with Crippen LogP contribution in [0.5, 0.6) is 0 Å². The van der Waals surface area contributed by atoms with Crippen molar-refractivity contribution in [2.75, 3.05) is 40.5 Å². The normalized spacial score (nSPS) is 10.4. The Morgan fingerprint density at radius 3 is 1.73 bits per heavy atom. The maximum absolute atomic E-state index is 4.90. The van der Waals surface area contributed by atoms with Crippen molar-refractivity contribution in [2.45, 2.75) is 12.8 Å². The van der Waals surface area contributed by atoms with Crippen molar-refractivity contribution in [3.63, 3.8) is 0 Å². The smallest absolute Gasteiger partial charge is 0.0474 e. The summed E-state index contributed by atoms with van der Waals surface area (Å²) in [6.45, 7) is 3.77. The van der Waals surface area contributed by atoms with Crippen LogP contribution < -0.4 is 5.32 Å². The second kappa shape index (κ2) is 9.88. The summed E-state index contributed by atoms with van der Waals surface area (Å²) >= 11 is 0. The molecule has 0 bridgehead atoms. The Labute approximate surface area is 69.1 Å². The molecule has 3 nitrogen and oxygen atoms in total. The van der Waals surface area contributed by atoms with Crippen LogP contribution in [0.4, 0.5) is 0 Å². The SMILES string of the molecule is COCCCNCCCOC. The molecule has 0 unspecified atom stereocenters. The van der Waals surface area contributed by atoms with Gasteiger partial charge in [-0.15, -0.1) is 0 Å². The first-order valence-electron chi connectivity index (χ1n) is 4.10. The van der Waals surface area contributed by atoms with E-state index in [0.29, 0.717) is 0 Å². The molecule has 0 saturated carbocycles. The molecule has 1 N–H and O–H groups in total. The molecule has 0 rings (SSSR count). The average Bonchev–Trinajstić information content (AvgIpc) is 2.03. The van der Waals surface area contributed by atoms with Gasteiger partial charge in [-0.25, -0.2) is 0 Å². The Morgan fingerprint density at radius 1 is 0.909 bits per heavy atom. The lowest BCUT2D eigenvalue weighted by atomic mass is 10.4. The number of rotatable bonds is 8. The largest absolute Gasteiger partial charge is 0.385 e. The highest BCUT2D eigenvalue weighted by Gasteiger charge is 1.87. The molecule has 68 valence electrons. The van der Waals surface area contributed by atoms with Gasteiger partial charge in [-0.2, -0.15) is 0 Å². The van der Waals surface area contributed by atoms with Crippen molar-refractivity contribution in [3.05, 3.63) is 0 Å². The molecule has 0 aliphatic heterocycles. The first-order valence-corrected chi connectivity index (χ1v) is 4.10. The minimum Gasteiger partial charge on any atom is -0.385 e. The van der Waals surface area contributed by atoms with Crippen molar-refractivity contribution in [2.24, 2.45) is 0 Å². The fourth-order valence-electron chi connectivity index (χ4n) is 0.808. The number of ether oxygens (including phenoxy) is 2. The third kappa shape index (κ3) is 9.88. The first-order chi connectivity index (χ1) is 5.41. The van der Waals surface area contributed by atoms with Gasteiger partial charge in [0, 0.05) is 27.4 Å². The highest BCUT2D eigenvalue weighted by molar-refractivity contribution is 4.46. The minimum atomic E-state index is 0.845.